The molecule has 0 aliphatic rings. The second-order valence-electron chi connectivity index (χ2n) is 2.94. The van der Waals surface area contributed by atoms with Gasteiger partial charge < -0.3 is 10.2 Å². The third-order valence-corrected chi connectivity index (χ3v) is 1.78. The predicted molar refractivity (Wildman–Crippen MR) is 42.7 cm³/mol. The highest BCUT2D eigenvalue weighted by molar-refractivity contribution is 5.76. The van der Waals surface area contributed by atoms with Gasteiger partial charge in [0, 0.05) is 0 Å². The van der Waals surface area contributed by atoms with Gasteiger partial charge >= 0.3 is 11.9 Å². The summed E-state index contributed by atoms with van der Waals surface area (Å²) in [6.07, 6.45) is -0.275. The first-order chi connectivity index (χ1) is 5.92. The van der Waals surface area contributed by atoms with Gasteiger partial charge in [0.2, 0.25) is 0 Å². The Balaban J connectivity index is 3.94. The molecule has 2 N–H and O–H groups in total. The number of carboxylic acid groups (broad SMARTS) is 1. The summed E-state index contributed by atoms with van der Waals surface area (Å²) in [7, 11) is 0. The maximum Gasteiger partial charge on any atom is 0.377 e. The van der Waals surface area contributed by atoms with Crippen molar-refractivity contribution < 1.29 is 23.8 Å². The average molecular weight is 196 g/mol. The maximum atomic E-state index is 12.5. The van der Waals surface area contributed by atoms with Crippen LogP contribution in [0.25, 0.3) is 0 Å². The van der Waals surface area contributed by atoms with Crippen molar-refractivity contribution in [2.75, 3.05) is 0 Å². The van der Waals surface area contributed by atoms with Crippen LogP contribution in [-0.2, 0) is 4.79 Å². The Morgan fingerprint density at radius 2 is 2.00 bits per heavy atom. The van der Waals surface area contributed by atoms with Crippen LogP contribution in [0.2, 0.25) is 0 Å². The SMILES string of the molecule is CCCCCC(O)C(F)(F)C(=O)O. The molecular weight excluding hydrogens is 182 g/mol. The van der Waals surface area contributed by atoms with E-state index < -0.39 is 18.0 Å². The third-order valence-electron chi connectivity index (χ3n) is 1.78. The van der Waals surface area contributed by atoms with Crippen molar-refractivity contribution in [1.29, 1.82) is 0 Å². The van der Waals surface area contributed by atoms with Crippen molar-refractivity contribution in [1.82, 2.24) is 0 Å². The number of hydrogen-bond donors (Lipinski definition) is 2. The van der Waals surface area contributed by atoms with E-state index in [0.717, 1.165) is 6.42 Å². The molecule has 0 aromatic carbocycles. The molecule has 0 amide bonds. The molecule has 0 aliphatic heterocycles. The molecule has 0 saturated carbocycles. The number of alkyl halides is 2. The van der Waals surface area contributed by atoms with E-state index in [1.165, 1.54) is 0 Å². The number of aliphatic carboxylic acids is 1. The molecule has 5 heteroatoms. The Bertz CT molecular complexity index is 171. The fourth-order valence-corrected chi connectivity index (χ4v) is 0.911. The number of aliphatic hydroxyl groups is 1. The molecule has 3 nitrogen and oxygen atoms in total. The van der Waals surface area contributed by atoms with Crippen LogP contribution in [0.1, 0.15) is 32.6 Å². The summed E-state index contributed by atoms with van der Waals surface area (Å²) in [6.45, 7) is 1.89. The zero-order valence-corrected chi connectivity index (χ0v) is 7.46. The highest BCUT2D eigenvalue weighted by Crippen LogP contribution is 2.22. The molecule has 78 valence electrons. The fraction of sp³-hybridized carbons (Fsp3) is 0.875. The zero-order valence-electron chi connectivity index (χ0n) is 7.46. The van der Waals surface area contributed by atoms with E-state index in [1.807, 2.05) is 6.92 Å². The number of halogens is 2. The Kier molecular flexibility index (Phi) is 4.83. The van der Waals surface area contributed by atoms with Gasteiger partial charge in [0.25, 0.3) is 0 Å². The van der Waals surface area contributed by atoms with Crippen LogP contribution in [0.3, 0.4) is 0 Å². The lowest BCUT2D eigenvalue weighted by molar-refractivity contribution is -0.182. The minimum atomic E-state index is -4.02. The summed E-state index contributed by atoms with van der Waals surface area (Å²) in [4.78, 5) is 9.99. The maximum absolute atomic E-state index is 12.5. The molecule has 0 spiro atoms. The molecule has 13 heavy (non-hydrogen) atoms. The normalized spacial score (nSPS) is 14.2. The number of carboxylic acids is 1. The molecule has 0 fully saturated rings. The predicted octanol–water partition coefficient (Wildman–Crippen LogP) is 1.65. The standard InChI is InChI=1S/C8H14F2O3/c1-2-3-4-5-6(11)8(9,10)7(12)13/h6,11H,2-5H2,1H3,(H,12,13). The number of rotatable bonds is 6. The van der Waals surface area contributed by atoms with Gasteiger partial charge in [-0.2, -0.15) is 8.78 Å². The van der Waals surface area contributed by atoms with Crippen molar-refractivity contribution in [3.05, 3.63) is 0 Å². The Labute approximate surface area is 75.4 Å². The van der Waals surface area contributed by atoms with Gasteiger partial charge in [-0.05, 0) is 6.42 Å². The quantitative estimate of drug-likeness (QED) is 0.635. The molecule has 0 radical (unpaired) electrons. The summed E-state index contributed by atoms with van der Waals surface area (Å²) in [5.41, 5.74) is 0. The van der Waals surface area contributed by atoms with Gasteiger partial charge in [-0.25, -0.2) is 4.79 Å². The lowest BCUT2D eigenvalue weighted by Gasteiger charge is -2.17. The highest BCUT2D eigenvalue weighted by atomic mass is 19.3. The number of aliphatic hydroxyl groups excluding tert-OH is 1. The van der Waals surface area contributed by atoms with Gasteiger partial charge in [0.1, 0.15) is 6.10 Å². The van der Waals surface area contributed by atoms with E-state index in [2.05, 4.69) is 0 Å². The van der Waals surface area contributed by atoms with E-state index in [9.17, 15) is 13.6 Å². The first kappa shape index (κ1) is 12.3. The van der Waals surface area contributed by atoms with E-state index in [0.29, 0.717) is 12.8 Å². The van der Waals surface area contributed by atoms with Crippen molar-refractivity contribution >= 4 is 5.97 Å². The summed E-state index contributed by atoms with van der Waals surface area (Å²) < 4.78 is 25.0. The number of unbranched alkanes of at least 4 members (excludes halogenated alkanes) is 2. The van der Waals surface area contributed by atoms with E-state index in [-0.39, 0.29) is 6.42 Å². The molecular formula is C8H14F2O3. The molecule has 0 aromatic rings. The third kappa shape index (κ3) is 3.67. The molecule has 0 aliphatic carbocycles. The molecule has 0 bridgehead atoms. The van der Waals surface area contributed by atoms with E-state index in [4.69, 9.17) is 10.2 Å². The topological polar surface area (TPSA) is 57.5 Å². The largest absolute Gasteiger partial charge is 0.477 e. The zero-order chi connectivity index (χ0) is 10.5. The molecule has 0 aromatic heterocycles. The lowest BCUT2D eigenvalue weighted by Crippen LogP contribution is -2.41. The summed E-state index contributed by atoms with van der Waals surface area (Å²) in [5, 5.41) is 16.9. The van der Waals surface area contributed by atoms with Gasteiger partial charge in [0.05, 0.1) is 0 Å². The average Bonchev–Trinajstić information content (AvgIpc) is 2.04. The molecule has 0 rings (SSSR count). The van der Waals surface area contributed by atoms with Gasteiger partial charge in [-0.3, -0.25) is 0 Å². The van der Waals surface area contributed by atoms with Crippen molar-refractivity contribution in [2.45, 2.75) is 44.6 Å². The smallest absolute Gasteiger partial charge is 0.377 e. The van der Waals surface area contributed by atoms with Crippen molar-refractivity contribution in [3.63, 3.8) is 0 Å². The van der Waals surface area contributed by atoms with Gasteiger partial charge in [0.15, 0.2) is 0 Å². The van der Waals surface area contributed by atoms with Crippen LogP contribution in [-0.4, -0.2) is 28.2 Å². The fourth-order valence-electron chi connectivity index (χ4n) is 0.911. The lowest BCUT2D eigenvalue weighted by atomic mass is 10.1. The van der Waals surface area contributed by atoms with Crippen LogP contribution in [0.15, 0.2) is 0 Å². The summed E-state index contributed by atoms with van der Waals surface area (Å²) in [6, 6.07) is 0. The Morgan fingerprint density at radius 1 is 1.46 bits per heavy atom. The second-order valence-corrected chi connectivity index (χ2v) is 2.94. The highest BCUT2D eigenvalue weighted by Gasteiger charge is 2.46. The van der Waals surface area contributed by atoms with Gasteiger partial charge in [-0.1, -0.05) is 26.2 Å². The number of carbonyl (C=O) groups is 1. The Hall–Kier alpha value is -0.710. The summed E-state index contributed by atoms with van der Waals surface area (Å²) in [5.74, 6) is -6.29. The van der Waals surface area contributed by atoms with Crippen LogP contribution < -0.4 is 0 Å². The molecule has 0 saturated heterocycles. The Morgan fingerprint density at radius 3 is 2.38 bits per heavy atom. The molecule has 0 heterocycles. The monoisotopic (exact) mass is 196 g/mol. The second kappa shape index (κ2) is 5.11. The minimum Gasteiger partial charge on any atom is -0.477 e. The molecule has 1 unspecified atom stereocenters. The van der Waals surface area contributed by atoms with E-state index in [1.54, 1.807) is 0 Å². The van der Waals surface area contributed by atoms with Crippen LogP contribution in [0.4, 0.5) is 8.78 Å². The number of hydrogen-bond acceptors (Lipinski definition) is 2. The van der Waals surface area contributed by atoms with Crippen LogP contribution in [0, 0.1) is 0 Å². The van der Waals surface area contributed by atoms with Gasteiger partial charge in [-0.15, -0.1) is 0 Å². The van der Waals surface area contributed by atoms with Crippen LogP contribution in [0.5, 0.6) is 0 Å². The van der Waals surface area contributed by atoms with E-state index >= 15 is 0 Å². The van der Waals surface area contributed by atoms with Crippen LogP contribution >= 0.6 is 0 Å². The van der Waals surface area contributed by atoms with Crippen molar-refractivity contribution in [2.24, 2.45) is 0 Å². The van der Waals surface area contributed by atoms with Crippen molar-refractivity contribution in [3.8, 4) is 0 Å². The first-order valence-corrected chi connectivity index (χ1v) is 4.22. The minimum absolute atomic E-state index is 0.173. The molecule has 1 atom stereocenters. The first-order valence-electron chi connectivity index (χ1n) is 4.22. The summed E-state index contributed by atoms with van der Waals surface area (Å²) >= 11 is 0.